The smallest absolute Gasteiger partial charge is 0.122 e. The molecule has 0 saturated carbocycles. The Labute approximate surface area is 95.2 Å². The lowest BCUT2D eigenvalue weighted by Crippen LogP contribution is -2.50. The normalized spacial score (nSPS) is 24.4. The van der Waals surface area contributed by atoms with Gasteiger partial charge in [0, 0.05) is 0 Å². The van der Waals surface area contributed by atoms with Crippen molar-refractivity contribution in [2.45, 2.75) is 18.4 Å². The van der Waals surface area contributed by atoms with Crippen molar-refractivity contribution in [3.63, 3.8) is 0 Å². The minimum Gasteiger partial charge on any atom is -0.491 e. The third kappa shape index (κ3) is 2.47. The van der Waals surface area contributed by atoms with Gasteiger partial charge in [0.2, 0.25) is 0 Å². The van der Waals surface area contributed by atoms with Gasteiger partial charge in [0.25, 0.3) is 0 Å². The molecular formula is C12H17NOS. The van der Waals surface area contributed by atoms with E-state index in [2.05, 4.69) is 12.3 Å². The molecular weight excluding hydrogens is 206 g/mol. The predicted octanol–water partition coefficient (Wildman–Crippen LogP) is 2.07. The van der Waals surface area contributed by atoms with Crippen LogP contribution in [0.25, 0.3) is 0 Å². The maximum Gasteiger partial charge on any atom is 0.122 e. The second-order valence-corrected chi connectivity index (χ2v) is 5.16. The molecule has 2 N–H and O–H groups in total. The minimum atomic E-state index is -0.169. The largest absolute Gasteiger partial charge is 0.491 e. The number of fused-ring (bicyclic) bond motifs is 1. The van der Waals surface area contributed by atoms with Gasteiger partial charge in [-0.25, -0.2) is 0 Å². The van der Waals surface area contributed by atoms with Crippen LogP contribution < -0.4 is 10.5 Å². The van der Waals surface area contributed by atoms with Crippen LogP contribution in [0.15, 0.2) is 24.3 Å². The monoisotopic (exact) mass is 223 g/mol. The van der Waals surface area contributed by atoms with E-state index >= 15 is 0 Å². The lowest BCUT2D eigenvalue weighted by Gasteiger charge is -2.34. The zero-order valence-electron chi connectivity index (χ0n) is 9.03. The molecule has 1 unspecified atom stereocenters. The maximum atomic E-state index is 6.32. The van der Waals surface area contributed by atoms with E-state index in [-0.39, 0.29) is 5.54 Å². The van der Waals surface area contributed by atoms with Crippen LogP contribution in [0.1, 0.15) is 12.0 Å². The number of nitrogens with two attached hydrogens (primary N) is 1. The van der Waals surface area contributed by atoms with E-state index in [1.165, 1.54) is 5.56 Å². The Morgan fingerprint density at radius 3 is 3.07 bits per heavy atom. The van der Waals surface area contributed by atoms with E-state index in [0.717, 1.165) is 24.3 Å². The van der Waals surface area contributed by atoms with E-state index in [1.54, 1.807) is 0 Å². The van der Waals surface area contributed by atoms with Crippen LogP contribution in [-0.4, -0.2) is 24.2 Å². The van der Waals surface area contributed by atoms with Crippen LogP contribution in [0.3, 0.4) is 0 Å². The van der Waals surface area contributed by atoms with Crippen molar-refractivity contribution >= 4 is 11.8 Å². The molecule has 2 nitrogen and oxygen atoms in total. The minimum absolute atomic E-state index is 0.169. The standard InChI is InChI=1S/C12H17NOS/c1-15-7-6-12(13)8-10-4-2-3-5-11(10)14-9-12/h2-5H,6-9,13H2,1H3. The number of hydrogen-bond acceptors (Lipinski definition) is 3. The molecule has 1 aliphatic rings. The fourth-order valence-corrected chi connectivity index (χ4v) is 2.52. The molecule has 0 aliphatic carbocycles. The Hall–Kier alpha value is -0.670. The molecule has 1 atom stereocenters. The van der Waals surface area contributed by atoms with E-state index in [0.29, 0.717) is 6.61 Å². The van der Waals surface area contributed by atoms with Crippen LogP contribution in [0.2, 0.25) is 0 Å². The molecule has 0 radical (unpaired) electrons. The van der Waals surface area contributed by atoms with Crippen LogP contribution in [0, 0.1) is 0 Å². The van der Waals surface area contributed by atoms with Gasteiger partial charge in [0.15, 0.2) is 0 Å². The summed E-state index contributed by atoms with van der Waals surface area (Å²) in [5, 5.41) is 0. The van der Waals surface area contributed by atoms with Gasteiger partial charge in [0.1, 0.15) is 12.4 Å². The summed E-state index contributed by atoms with van der Waals surface area (Å²) in [5.41, 5.74) is 7.40. The average Bonchev–Trinajstić information content (AvgIpc) is 2.26. The molecule has 82 valence electrons. The zero-order chi connectivity index (χ0) is 10.7. The summed E-state index contributed by atoms with van der Waals surface area (Å²) in [5.74, 6) is 2.10. The van der Waals surface area contributed by atoms with Gasteiger partial charge < -0.3 is 10.5 Å². The molecule has 0 aromatic heterocycles. The van der Waals surface area contributed by atoms with Crippen LogP contribution in [0.4, 0.5) is 0 Å². The van der Waals surface area contributed by atoms with Gasteiger partial charge in [-0.05, 0) is 36.5 Å². The molecule has 0 amide bonds. The average molecular weight is 223 g/mol. The third-order valence-corrected chi connectivity index (χ3v) is 3.45. The Balaban J connectivity index is 2.10. The second kappa shape index (κ2) is 4.45. The summed E-state index contributed by atoms with van der Waals surface area (Å²) in [6.07, 6.45) is 4.06. The number of ether oxygens (including phenoxy) is 1. The fraction of sp³-hybridized carbons (Fsp3) is 0.500. The van der Waals surface area contributed by atoms with Crippen LogP contribution >= 0.6 is 11.8 Å². The molecule has 15 heavy (non-hydrogen) atoms. The van der Waals surface area contributed by atoms with Gasteiger partial charge in [-0.1, -0.05) is 18.2 Å². The van der Waals surface area contributed by atoms with E-state index in [4.69, 9.17) is 10.5 Å². The summed E-state index contributed by atoms with van der Waals surface area (Å²) in [6, 6.07) is 8.17. The number of para-hydroxylation sites is 1. The molecule has 2 rings (SSSR count). The highest BCUT2D eigenvalue weighted by Crippen LogP contribution is 2.29. The van der Waals surface area contributed by atoms with Gasteiger partial charge in [-0.15, -0.1) is 0 Å². The van der Waals surface area contributed by atoms with Crippen molar-refractivity contribution in [2.24, 2.45) is 5.73 Å². The molecule has 1 heterocycles. The first kappa shape index (κ1) is 10.8. The zero-order valence-corrected chi connectivity index (χ0v) is 9.85. The van der Waals surface area contributed by atoms with Crippen molar-refractivity contribution in [3.8, 4) is 5.75 Å². The third-order valence-electron chi connectivity index (χ3n) is 2.83. The highest BCUT2D eigenvalue weighted by atomic mass is 32.2. The molecule has 0 fully saturated rings. The summed E-state index contributed by atoms with van der Waals surface area (Å²) in [7, 11) is 0. The van der Waals surface area contributed by atoms with Crippen molar-refractivity contribution in [1.82, 2.24) is 0 Å². The molecule has 1 aliphatic heterocycles. The van der Waals surface area contributed by atoms with E-state index < -0.39 is 0 Å². The summed E-state index contributed by atoms with van der Waals surface area (Å²) in [4.78, 5) is 0. The Morgan fingerprint density at radius 1 is 1.47 bits per heavy atom. The Morgan fingerprint density at radius 2 is 2.27 bits per heavy atom. The summed E-state index contributed by atoms with van der Waals surface area (Å²) >= 11 is 1.84. The molecule has 0 bridgehead atoms. The van der Waals surface area contributed by atoms with E-state index in [1.807, 2.05) is 30.0 Å². The molecule has 3 heteroatoms. The second-order valence-electron chi connectivity index (χ2n) is 4.18. The first-order valence-corrected chi connectivity index (χ1v) is 6.61. The highest BCUT2D eigenvalue weighted by molar-refractivity contribution is 7.98. The first-order chi connectivity index (χ1) is 7.23. The number of thioether (sulfide) groups is 1. The lowest BCUT2D eigenvalue weighted by atomic mass is 9.88. The lowest BCUT2D eigenvalue weighted by molar-refractivity contribution is 0.187. The number of benzene rings is 1. The van der Waals surface area contributed by atoms with Gasteiger partial charge in [-0.3, -0.25) is 0 Å². The summed E-state index contributed by atoms with van der Waals surface area (Å²) in [6.45, 7) is 0.643. The van der Waals surface area contributed by atoms with Crippen molar-refractivity contribution in [1.29, 1.82) is 0 Å². The van der Waals surface area contributed by atoms with E-state index in [9.17, 15) is 0 Å². The van der Waals surface area contributed by atoms with Crippen molar-refractivity contribution in [2.75, 3.05) is 18.6 Å². The topological polar surface area (TPSA) is 35.2 Å². The molecule has 0 saturated heterocycles. The number of rotatable bonds is 3. The van der Waals surface area contributed by atoms with Crippen molar-refractivity contribution in [3.05, 3.63) is 29.8 Å². The first-order valence-electron chi connectivity index (χ1n) is 5.22. The summed E-state index contributed by atoms with van der Waals surface area (Å²) < 4.78 is 5.70. The molecule has 0 spiro atoms. The fourth-order valence-electron chi connectivity index (χ4n) is 1.91. The Bertz CT molecular complexity index is 342. The SMILES string of the molecule is CSCCC1(N)COc2ccccc2C1. The number of hydrogen-bond donors (Lipinski definition) is 1. The van der Waals surface area contributed by atoms with Crippen LogP contribution in [-0.2, 0) is 6.42 Å². The van der Waals surface area contributed by atoms with Crippen LogP contribution in [0.5, 0.6) is 5.75 Å². The van der Waals surface area contributed by atoms with Gasteiger partial charge in [0.05, 0.1) is 5.54 Å². The molecule has 1 aromatic carbocycles. The molecule has 1 aromatic rings. The Kier molecular flexibility index (Phi) is 3.22. The highest BCUT2D eigenvalue weighted by Gasteiger charge is 2.31. The van der Waals surface area contributed by atoms with Crippen molar-refractivity contribution < 1.29 is 4.74 Å². The van der Waals surface area contributed by atoms with Gasteiger partial charge >= 0.3 is 0 Å². The predicted molar refractivity (Wildman–Crippen MR) is 65.6 cm³/mol. The van der Waals surface area contributed by atoms with Gasteiger partial charge in [-0.2, -0.15) is 11.8 Å². The maximum absolute atomic E-state index is 6.32. The quantitative estimate of drug-likeness (QED) is 0.852.